The Kier molecular flexibility index (Phi) is 5.61. The quantitative estimate of drug-likeness (QED) is 0.268. The highest BCUT2D eigenvalue weighted by Crippen LogP contribution is 2.37. The summed E-state index contributed by atoms with van der Waals surface area (Å²) in [6.45, 7) is 11.4. The Morgan fingerprint density at radius 2 is 1.21 bits per heavy atom. The third kappa shape index (κ3) is 4.03. The summed E-state index contributed by atoms with van der Waals surface area (Å²) in [5, 5.41) is 10.6. The van der Waals surface area contributed by atoms with Crippen molar-refractivity contribution < 1.29 is 27.1 Å². The Morgan fingerprint density at radius 3 is 1.64 bits per heavy atom. The fourth-order valence-electron chi connectivity index (χ4n) is 2.60. The Balaban J connectivity index is 2.71. The van der Waals surface area contributed by atoms with Crippen LogP contribution < -0.4 is 0 Å². The number of hydrogen-bond donors (Lipinski definition) is 1. The topological polar surface area (TPSA) is 32.6 Å². The van der Waals surface area contributed by atoms with Crippen LogP contribution in [0.5, 0.6) is 5.75 Å². The van der Waals surface area contributed by atoms with Crippen LogP contribution in [0.2, 0.25) is 0 Å². The number of benzene rings is 2. The monoisotopic (exact) mass is 399 g/mol. The standard InChI is InChI=1S/C21H22F5NO/c1-20(2,3)11-7-10(19(28)12(8-11)21(4,5)6)9-27-18-16(25)14(23)13(22)15(24)17(18)26/h7-9,28H,1-6H3. The molecule has 0 unspecified atom stereocenters. The van der Waals surface area contributed by atoms with Crippen LogP contribution in [0.3, 0.4) is 0 Å². The molecule has 152 valence electrons. The van der Waals surface area contributed by atoms with Gasteiger partial charge in [0.15, 0.2) is 23.3 Å². The molecule has 0 saturated heterocycles. The van der Waals surface area contributed by atoms with Crippen LogP contribution in [0.4, 0.5) is 27.6 Å². The third-order valence-electron chi connectivity index (χ3n) is 4.33. The predicted molar refractivity (Wildman–Crippen MR) is 99.0 cm³/mol. The van der Waals surface area contributed by atoms with Crippen LogP contribution in [0.1, 0.15) is 58.2 Å². The lowest BCUT2D eigenvalue weighted by Gasteiger charge is -2.27. The average molecular weight is 399 g/mol. The normalized spacial score (nSPS) is 12.8. The van der Waals surface area contributed by atoms with Crippen LogP contribution in [0.25, 0.3) is 0 Å². The van der Waals surface area contributed by atoms with Gasteiger partial charge in [-0.25, -0.2) is 26.9 Å². The minimum atomic E-state index is -2.25. The molecule has 0 spiro atoms. The molecule has 2 aromatic carbocycles. The smallest absolute Gasteiger partial charge is 0.200 e. The van der Waals surface area contributed by atoms with Crippen molar-refractivity contribution in [3.05, 3.63) is 57.9 Å². The summed E-state index contributed by atoms with van der Waals surface area (Å²) in [5.74, 6) is -10.6. The Hall–Kier alpha value is -2.44. The summed E-state index contributed by atoms with van der Waals surface area (Å²) in [6, 6.07) is 3.39. The van der Waals surface area contributed by atoms with Crippen molar-refractivity contribution in [2.75, 3.05) is 0 Å². The Labute approximate surface area is 160 Å². The van der Waals surface area contributed by atoms with Crippen LogP contribution in [-0.2, 0) is 10.8 Å². The zero-order chi connectivity index (χ0) is 21.6. The largest absolute Gasteiger partial charge is 0.507 e. The first-order valence-electron chi connectivity index (χ1n) is 8.59. The summed E-state index contributed by atoms with van der Waals surface area (Å²) < 4.78 is 67.6. The van der Waals surface area contributed by atoms with Crippen LogP contribution in [0.15, 0.2) is 17.1 Å². The van der Waals surface area contributed by atoms with E-state index in [9.17, 15) is 27.1 Å². The van der Waals surface area contributed by atoms with Gasteiger partial charge in [-0.1, -0.05) is 47.6 Å². The number of hydrogen-bond acceptors (Lipinski definition) is 2. The molecule has 0 radical (unpaired) electrons. The summed E-state index contributed by atoms with van der Waals surface area (Å²) in [7, 11) is 0. The summed E-state index contributed by atoms with van der Waals surface area (Å²) in [4.78, 5) is 3.46. The lowest BCUT2D eigenvalue weighted by molar-refractivity contribution is 0.381. The lowest BCUT2D eigenvalue weighted by atomic mass is 9.79. The van der Waals surface area contributed by atoms with Gasteiger partial charge in [-0.05, 0) is 22.5 Å². The van der Waals surface area contributed by atoms with Gasteiger partial charge in [-0.2, -0.15) is 0 Å². The highest BCUT2D eigenvalue weighted by molar-refractivity contribution is 5.87. The number of phenolic OH excluding ortho intramolecular Hbond substituents is 1. The molecular formula is C21H22F5NO. The van der Waals surface area contributed by atoms with Gasteiger partial charge >= 0.3 is 0 Å². The van der Waals surface area contributed by atoms with Gasteiger partial charge in [0.2, 0.25) is 5.82 Å². The van der Waals surface area contributed by atoms with E-state index in [0.29, 0.717) is 5.56 Å². The molecule has 1 N–H and O–H groups in total. The van der Waals surface area contributed by atoms with Gasteiger partial charge < -0.3 is 5.11 Å². The Bertz CT molecular complexity index is 924. The maximum absolute atomic E-state index is 13.8. The molecule has 0 heterocycles. The molecule has 28 heavy (non-hydrogen) atoms. The van der Waals surface area contributed by atoms with E-state index in [1.54, 1.807) is 6.07 Å². The van der Waals surface area contributed by atoms with Gasteiger partial charge in [0.1, 0.15) is 11.4 Å². The maximum atomic E-state index is 13.8. The zero-order valence-corrected chi connectivity index (χ0v) is 16.5. The van der Waals surface area contributed by atoms with E-state index in [2.05, 4.69) is 4.99 Å². The molecule has 2 nitrogen and oxygen atoms in total. The molecule has 0 aromatic heterocycles. The number of aliphatic imine (C=N–C) groups is 1. The van der Waals surface area contributed by atoms with Crippen LogP contribution in [0, 0.1) is 29.1 Å². The molecule has 0 atom stereocenters. The summed E-state index contributed by atoms with van der Waals surface area (Å²) in [5.41, 5.74) is -0.595. The predicted octanol–water partition coefficient (Wildman–Crippen LogP) is 6.43. The second kappa shape index (κ2) is 7.18. The van der Waals surface area contributed by atoms with Gasteiger partial charge in [0, 0.05) is 17.3 Å². The van der Waals surface area contributed by atoms with Crippen molar-refractivity contribution in [1.82, 2.24) is 0 Å². The second-order valence-corrected chi connectivity index (χ2v) is 8.64. The molecule has 0 aliphatic carbocycles. The molecule has 0 fully saturated rings. The molecule has 0 aliphatic rings. The van der Waals surface area contributed by atoms with Gasteiger partial charge in [0.05, 0.1) is 0 Å². The average Bonchev–Trinajstić information content (AvgIpc) is 2.57. The number of halogens is 5. The molecule has 0 bridgehead atoms. The van der Waals surface area contributed by atoms with E-state index in [4.69, 9.17) is 0 Å². The molecule has 2 aromatic rings. The molecule has 7 heteroatoms. The number of rotatable bonds is 2. The zero-order valence-electron chi connectivity index (χ0n) is 16.5. The second-order valence-electron chi connectivity index (χ2n) is 8.64. The fraction of sp³-hybridized carbons (Fsp3) is 0.381. The Morgan fingerprint density at radius 1 is 0.750 bits per heavy atom. The van der Waals surface area contributed by atoms with Gasteiger partial charge in [-0.3, -0.25) is 0 Å². The fourth-order valence-corrected chi connectivity index (χ4v) is 2.60. The van der Waals surface area contributed by atoms with Gasteiger partial charge in [0.25, 0.3) is 0 Å². The van der Waals surface area contributed by atoms with E-state index in [1.165, 1.54) is 0 Å². The van der Waals surface area contributed by atoms with Crippen molar-refractivity contribution in [2.24, 2.45) is 4.99 Å². The third-order valence-corrected chi connectivity index (χ3v) is 4.33. The number of aromatic hydroxyl groups is 1. The first kappa shape index (κ1) is 21.9. The minimum absolute atomic E-state index is 0.112. The number of phenols is 1. The first-order chi connectivity index (χ1) is 12.7. The SMILES string of the molecule is CC(C)(C)c1cc(C=Nc2c(F)c(F)c(F)c(F)c2F)c(O)c(C(C)(C)C)c1. The van der Waals surface area contributed by atoms with Crippen LogP contribution in [-0.4, -0.2) is 11.3 Å². The first-order valence-corrected chi connectivity index (χ1v) is 8.59. The minimum Gasteiger partial charge on any atom is -0.507 e. The van der Waals surface area contributed by atoms with Crippen molar-refractivity contribution in [3.8, 4) is 5.75 Å². The van der Waals surface area contributed by atoms with Crippen molar-refractivity contribution in [1.29, 1.82) is 0 Å². The summed E-state index contributed by atoms with van der Waals surface area (Å²) >= 11 is 0. The van der Waals surface area contributed by atoms with E-state index in [0.717, 1.165) is 11.8 Å². The van der Waals surface area contributed by atoms with Crippen molar-refractivity contribution in [2.45, 2.75) is 52.4 Å². The molecule has 0 amide bonds. The highest BCUT2D eigenvalue weighted by Gasteiger charge is 2.27. The maximum Gasteiger partial charge on any atom is 0.200 e. The van der Waals surface area contributed by atoms with E-state index >= 15 is 0 Å². The van der Waals surface area contributed by atoms with E-state index < -0.39 is 40.2 Å². The number of nitrogens with zero attached hydrogens (tertiary/aromatic N) is 1. The molecule has 0 saturated carbocycles. The van der Waals surface area contributed by atoms with Crippen molar-refractivity contribution in [3.63, 3.8) is 0 Å². The van der Waals surface area contributed by atoms with E-state index in [-0.39, 0.29) is 16.7 Å². The van der Waals surface area contributed by atoms with Crippen LogP contribution >= 0.6 is 0 Å². The van der Waals surface area contributed by atoms with Gasteiger partial charge in [-0.15, -0.1) is 0 Å². The molecule has 0 aliphatic heterocycles. The molecule has 2 rings (SSSR count). The van der Waals surface area contributed by atoms with E-state index in [1.807, 2.05) is 47.6 Å². The summed E-state index contributed by atoms with van der Waals surface area (Å²) in [6.07, 6.45) is 0.901. The van der Waals surface area contributed by atoms with Crippen molar-refractivity contribution >= 4 is 11.9 Å². The molecular weight excluding hydrogens is 377 g/mol. The lowest BCUT2D eigenvalue weighted by Crippen LogP contribution is -2.17. The highest BCUT2D eigenvalue weighted by atomic mass is 19.2.